The minimum Gasteiger partial charge on any atom is -0.496 e. The zero-order chi connectivity index (χ0) is 15.9. The van der Waals surface area contributed by atoms with Gasteiger partial charge in [0.1, 0.15) is 5.75 Å². The van der Waals surface area contributed by atoms with Gasteiger partial charge in [-0.15, -0.1) is 10.2 Å². The standard InChI is InChI=1S/C14H18N4O2S2/c1-9(21-14-18-17-13(15-2)22-14)12(19)16-8-10-6-4-5-7-11(10)20-3/h4-7,9H,8H2,1-3H3,(H,15,17)(H,16,19)/t9-/m0/s1. The molecule has 8 heteroatoms. The average molecular weight is 338 g/mol. The number of hydrogen-bond donors (Lipinski definition) is 2. The highest BCUT2D eigenvalue weighted by Crippen LogP contribution is 2.28. The van der Waals surface area contributed by atoms with Crippen LogP contribution < -0.4 is 15.4 Å². The number of hydrogen-bond acceptors (Lipinski definition) is 7. The van der Waals surface area contributed by atoms with E-state index in [0.29, 0.717) is 6.54 Å². The molecule has 0 spiro atoms. The van der Waals surface area contributed by atoms with E-state index >= 15 is 0 Å². The summed E-state index contributed by atoms with van der Waals surface area (Å²) in [4.78, 5) is 12.2. The maximum Gasteiger partial charge on any atom is 0.233 e. The van der Waals surface area contributed by atoms with Crippen LogP contribution in [0.25, 0.3) is 0 Å². The highest BCUT2D eigenvalue weighted by atomic mass is 32.2. The number of benzene rings is 1. The molecular weight excluding hydrogens is 320 g/mol. The Morgan fingerprint density at radius 3 is 2.86 bits per heavy atom. The third-order valence-corrected chi connectivity index (χ3v) is 5.04. The van der Waals surface area contributed by atoms with Crippen molar-refractivity contribution in [3.8, 4) is 5.75 Å². The van der Waals surface area contributed by atoms with E-state index in [9.17, 15) is 4.79 Å². The van der Waals surface area contributed by atoms with Crippen molar-refractivity contribution >= 4 is 34.1 Å². The number of thioether (sulfide) groups is 1. The van der Waals surface area contributed by atoms with Crippen molar-refractivity contribution < 1.29 is 9.53 Å². The number of nitrogens with one attached hydrogen (secondary N) is 2. The maximum atomic E-state index is 12.2. The van der Waals surface area contributed by atoms with Crippen LogP contribution >= 0.6 is 23.1 Å². The number of ether oxygens (including phenoxy) is 1. The Labute approximate surface area is 137 Å². The molecule has 0 saturated heterocycles. The fraction of sp³-hybridized carbons (Fsp3) is 0.357. The van der Waals surface area contributed by atoms with E-state index in [1.54, 1.807) is 14.2 Å². The lowest BCUT2D eigenvalue weighted by molar-refractivity contribution is -0.120. The molecule has 118 valence electrons. The van der Waals surface area contributed by atoms with Crippen molar-refractivity contribution in [2.45, 2.75) is 23.1 Å². The molecule has 1 amide bonds. The number of carbonyl (C=O) groups excluding carboxylic acids is 1. The van der Waals surface area contributed by atoms with Crippen molar-refractivity contribution in [2.75, 3.05) is 19.5 Å². The predicted molar refractivity (Wildman–Crippen MR) is 89.6 cm³/mol. The Hall–Kier alpha value is -1.80. The molecule has 0 aliphatic heterocycles. The van der Waals surface area contributed by atoms with Crippen molar-refractivity contribution in [3.05, 3.63) is 29.8 Å². The van der Waals surface area contributed by atoms with Crippen molar-refractivity contribution in [2.24, 2.45) is 0 Å². The molecule has 0 saturated carbocycles. The molecule has 1 heterocycles. The maximum absolute atomic E-state index is 12.2. The van der Waals surface area contributed by atoms with Gasteiger partial charge in [0.05, 0.1) is 12.4 Å². The van der Waals surface area contributed by atoms with Crippen LogP contribution in [-0.4, -0.2) is 35.5 Å². The lowest BCUT2D eigenvalue weighted by Crippen LogP contribution is -2.30. The summed E-state index contributed by atoms with van der Waals surface area (Å²) in [6.45, 7) is 2.29. The average Bonchev–Trinajstić information content (AvgIpc) is 3.00. The Balaban J connectivity index is 1.88. The minimum atomic E-state index is -0.243. The van der Waals surface area contributed by atoms with Crippen LogP contribution in [0.15, 0.2) is 28.6 Å². The molecule has 0 bridgehead atoms. The molecule has 0 aliphatic rings. The van der Waals surface area contributed by atoms with Crippen molar-refractivity contribution in [1.82, 2.24) is 15.5 Å². The molecule has 1 atom stereocenters. The first-order valence-corrected chi connectivity index (χ1v) is 8.41. The lowest BCUT2D eigenvalue weighted by Gasteiger charge is -2.12. The fourth-order valence-electron chi connectivity index (χ4n) is 1.74. The summed E-state index contributed by atoms with van der Waals surface area (Å²) >= 11 is 2.82. The summed E-state index contributed by atoms with van der Waals surface area (Å²) < 4.78 is 6.04. The highest BCUT2D eigenvalue weighted by Gasteiger charge is 2.17. The summed E-state index contributed by atoms with van der Waals surface area (Å²) in [7, 11) is 3.41. The molecule has 2 aromatic rings. The Bertz CT molecular complexity index is 633. The largest absolute Gasteiger partial charge is 0.496 e. The number of methoxy groups -OCH3 is 1. The molecule has 0 unspecified atom stereocenters. The van der Waals surface area contributed by atoms with Gasteiger partial charge in [0, 0.05) is 19.2 Å². The molecular formula is C14H18N4O2S2. The summed E-state index contributed by atoms with van der Waals surface area (Å²) in [5.41, 5.74) is 0.948. The van der Waals surface area contributed by atoms with E-state index in [-0.39, 0.29) is 11.2 Å². The van der Waals surface area contributed by atoms with Gasteiger partial charge in [0.15, 0.2) is 4.34 Å². The van der Waals surface area contributed by atoms with Crippen LogP contribution in [-0.2, 0) is 11.3 Å². The molecule has 1 aromatic heterocycles. The predicted octanol–water partition coefficient (Wildman–Crippen LogP) is 2.39. The molecule has 2 rings (SSSR count). The Morgan fingerprint density at radius 1 is 1.41 bits per heavy atom. The molecule has 0 aliphatic carbocycles. The summed E-state index contributed by atoms with van der Waals surface area (Å²) in [6.07, 6.45) is 0. The van der Waals surface area contributed by atoms with E-state index < -0.39 is 0 Å². The smallest absolute Gasteiger partial charge is 0.233 e. The molecule has 0 fully saturated rings. The molecule has 2 N–H and O–H groups in total. The van der Waals surface area contributed by atoms with Crippen molar-refractivity contribution in [1.29, 1.82) is 0 Å². The van der Waals surface area contributed by atoms with Gasteiger partial charge in [-0.3, -0.25) is 4.79 Å². The second-order valence-electron chi connectivity index (χ2n) is 4.41. The first-order chi connectivity index (χ1) is 10.6. The first-order valence-electron chi connectivity index (χ1n) is 6.71. The zero-order valence-electron chi connectivity index (χ0n) is 12.6. The topological polar surface area (TPSA) is 76.1 Å². The Morgan fingerprint density at radius 2 is 2.18 bits per heavy atom. The van der Waals surface area contributed by atoms with Crippen molar-refractivity contribution in [3.63, 3.8) is 0 Å². The van der Waals surface area contributed by atoms with Crippen LogP contribution in [0.5, 0.6) is 5.75 Å². The molecule has 1 aromatic carbocycles. The summed E-state index contributed by atoms with van der Waals surface area (Å²) in [5.74, 6) is 0.725. The van der Waals surface area contributed by atoms with Gasteiger partial charge in [0.2, 0.25) is 11.0 Å². The van der Waals surface area contributed by atoms with E-state index in [1.165, 1.54) is 23.1 Å². The fourth-order valence-corrected chi connectivity index (χ4v) is 3.61. The monoisotopic (exact) mass is 338 g/mol. The lowest BCUT2D eigenvalue weighted by atomic mass is 10.2. The third kappa shape index (κ3) is 4.35. The number of anilines is 1. The number of amides is 1. The number of carbonyl (C=O) groups is 1. The second kappa shape index (κ2) is 8.00. The first kappa shape index (κ1) is 16.6. The quantitative estimate of drug-likeness (QED) is 0.755. The van der Waals surface area contributed by atoms with E-state index in [1.807, 2.05) is 31.2 Å². The second-order valence-corrected chi connectivity index (χ2v) is 6.98. The van der Waals surface area contributed by atoms with Gasteiger partial charge in [0.25, 0.3) is 0 Å². The SMILES string of the molecule is CNc1nnc(S[C@@H](C)C(=O)NCc2ccccc2OC)s1. The highest BCUT2D eigenvalue weighted by molar-refractivity contribution is 8.02. The van der Waals surface area contributed by atoms with Crippen LogP contribution in [0.3, 0.4) is 0 Å². The van der Waals surface area contributed by atoms with Gasteiger partial charge in [-0.05, 0) is 13.0 Å². The molecule has 22 heavy (non-hydrogen) atoms. The van der Waals surface area contributed by atoms with Crippen LogP contribution in [0.1, 0.15) is 12.5 Å². The van der Waals surface area contributed by atoms with Gasteiger partial charge in [-0.1, -0.05) is 41.3 Å². The number of nitrogens with zero attached hydrogens (tertiary/aromatic N) is 2. The van der Waals surface area contributed by atoms with Gasteiger partial charge in [-0.25, -0.2) is 0 Å². The van der Waals surface area contributed by atoms with E-state index in [0.717, 1.165) is 20.8 Å². The van der Waals surface area contributed by atoms with Crippen LogP contribution in [0.4, 0.5) is 5.13 Å². The normalized spacial score (nSPS) is 11.8. The van der Waals surface area contributed by atoms with E-state index in [4.69, 9.17) is 4.74 Å². The van der Waals surface area contributed by atoms with Gasteiger partial charge >= 0.3 is 0 Å². The third-order valence-electron chi connectivity index (χ3n) is 2.91. The van der Waals surface area contributed by atoms with Gasteiger partial charge < -0.3 is 15.4 Å². The van der Waals surface area contributed by atoms with Crippen LogP contribution in [0.2, 0.25) is 0 Å². The summed E-state index contributed by atoms with van der Waals surface area (Å²) in [5, 5.41) is 14.3. The molecule has 0 radical (unpaired) electrons. The van der Waals surface area contributed by atoms with Gasteiger partial charge in [-0.2, -0.15) is 0 Å². The van der Waals surface area contributed by atoms with Crippen LogP contribution in [0, 0.1) is 0 Å². The zero-order valence-corrected chi connectivity index (χ0v) is 14.3. The van der Waals surface area contributed by atoms with E-state index in [2.05, 4.69) is 20.8 Å². The summed E-state index contributed by atoms with van der Waals surface area (Å²) in [6, 6.07) is 7.63. The number of para-hydroxylation sites is 1. The number of rotatable bonds is 7. The Kier molecular flexibility index (Phi) is 6.02. The number of aromatic nitrogens is 2. The molecule has 6 nitrogen and oxygen atoms in total. The minimum absolute atomic E-state index is 0.0443.